The van der Waals surface area contributed by atoms with E-state index in [9.17, 15) is 8.78 Å². The number of rotatable bonds is 0. The molecule has 1 rings (SSSR count). The van der Waals surface area contributed by atoms with Crippen molar-refractivity contribution in [2.75, 3.05) is 0 Å². The fraction of sp³-hybridized carbons (Fsp3) is 0. The first-order valence-corrected chi connectivity index (χ1v) is 2.40. The van der Waals surface area contributed by atoms with E-state index < -0.39 is 11.6 Å². The average molecular weight is 124 g/mol. The SMILES string of the molecule is [B]c1cc(F)ccc1F. The van der Waals surface area contributed by atoms with Gasteiger partial charge in [-0.2, -0.15) is 0 Å². The van der Waals surface area contributed by atoms with Crippen molar-refractivity contribution in [1.29, 1.82) is 0 Å². The monoisotopic (exact) mass is 124 g/mol. The van der Waals surface area contributed by atoms with Gasteiger partial charge in [-0.1, -0.05) is 5.46 Å². The van der Waals surface area contributed by atoms with E-state index in [1.54, 1.807) is 0 Å². The van der Waals surface area contributed by atoms with Crippen LogP contribution >= 0.6 is 0 Å². The van der Waals surface area contributed by atoms with E-state index in [0.29, 0.717) is 0 Å². The lowest BCUT2D eigenvalue weighted by Gasteiger charge is -1.92. The molecule has 1 aromatic carbocycles. The lowest BCUT2D eigenvalue weighted by Crippen LogP contribution is -2.07. The third-order valence-corrected chi connectivity index (χ3v) is 0.958. The van der Waals surface area contributed by atoms with Gasteiger partial charge in [-0.05, 0) is 18.2 Å². The summed E-state index contributed by atoms with van der Waals surface area (Å²) < 4.78 is 24.3. The fourth-order valence-electron chi connectivity index (χ4n) is 0.515. The molecular weight excluding hydrogens is 121 g/mol. The van der Waals surface area contributed by atoms with Crippen LogP contribution < -0.4 is 5.46 Å². The summed E-state index contributed by atoms with van der Waals surface area (Å²) in [5.74, 6) is -1.11. The van der Waals surface area contributed by atoms with Gasteiger partial charge in [-0.15, -0.1) is 0 Å². The predicted octanol–water partition coefficient (Wildman–Crippen LogP) is 0.759. The summed E-state index contributed by atoms with van der Waals surface area (Å²) in [6.45, 7) is 0. The van der Waals surface area contributed by atoms with Gasteiger partial charge in [0.25, 0.3) is 0 Å². The summed E-state index contributed by atoms with van der Waals surface area (Å²) in [6, 6.07) is 2.95. The first-order valence-electron chi connectivity index (χ1n) is 2.40. The molecule has 0 saturated heterocycles. The van der Waals surface area contributed by atoms with Crippen LogP contribution in [0.15, 0.2) is 18.2 Å². The van der Waals surface area contributed by atoms with Gasteiger partial charge in [0.1, 0.15) is 19.5 Å². The van der Waals surface area contributed by atoms with E-state index >= 15 is 0 Å². The van der Waals surface area contributed by atoms with Crippen molar-refractivity contribution >= 4 is 13.3 Å². The standard InChI is InChI=1S/C6H3BF2/c7-5-3-4(8)1-2-6(5)9/h1-3H. The molecule has 3 heteroatoms. The molecule has 0 aliphatic heterocycles. The van der Waals surface area contributed by atoms with Crippen molar-refractivity contribution in [3.8, 4) is 0 Å². The second-order valence-corrected chi connectivity index (χ2v) is 1.67. The summed E-state index contributed by atoms with van der Waals surface area (Å²) in [6.07, 6.45) is 0. The molecule has 1 aromatic rings. The van der Waals surface area contributed by atoms with Crippen LogP contribution in [-0.4, -0.2) is 7.85 Å². The molecule has 0 spiro atoms. The molecule has 0 amide bonds. The molecule has 0 nitrogen and oxygen atoms in total. The lowest BCUT2D eigenvalue weighted by atomic mass is 9.96. The van der Waals surface area contributed by atoms with Crippen molar-refractivity contribution in [1.82, 2.24) is 0 Å². The molecule has 0 aliphatic rings. The Bertz CT molecular complexity index is 222. The van der Waals surface area contributed by atoms with Gasteiger partial charge < -0.3 is 0 Å². The summed E-state index contributed by atoms with van der Waals surface area (Å²) >= 11 is 0. The molecule has 44 valence electrons. The van der Waals surface area contributed by atoms with Crippen LogP contribution in [0, 0.1) is 11.6 Å². The molecule has 0 aromatic heterocycles. The molecule has 0 bridgehead atoms. The van der Waals surface area contributed by atoms with Crippen molar-refractivity contribution in [2.24, 2.45) is 0 Å². The van der Waals surface area contributed by atoms with Crippen LogP contribution in [0.4, 0.5) is 8.78 Å². The minimum Gasteiger partial charge on any atom is -0.208 e. The number of halogens is 2. The Labute approximate surface area is 52.9 Å². The molecule has 0 atom stereocenters. The Morgan fingerprint density at radius 2 is 1.89 bits per heavy atom. The van der Waals surface area contributed by atoms with Crippen molar-refractivity contribution in [3.63, 3.8) is 0 Å². The molecule has 0 N–H and O–H groups in total. The van der Waals surface area contributed by atoms with Crippen molar-refractivity contribution in [3.05, 3.63) is 29.8 Å². The summed E-state index contributed by atoms with van der Waals surface area (Å²) in [5, 5.41) is 0. The number of hydrogen-bond donors (Lipinski definition) is 0. The van der Waals surface area contributed by atoms with Gasteiger partial charge in [-0.25, -0.2) is 8.78 Å². The zero-order valence-electron chi connectivity index (χ0n) is 4.57. The molecule has 0 unspecified atom stereocenters. The summed E-state index contributed by atoms with van der Waals surface area (Å²) in [7, 11) is 5.01. The van der Waals surface area contributed by atoms with Gasteiger partial charge >= 0.3 is 0 Å². The highest BCUT2D eigenvalue weighted by atomic mass is 19.1. The topological polar surface area (TPSA) is 0 Å². The van der Waals surface area contributed by atoms with E-state index in [0.717, 1.165) is 18.2 Å². The van der Waals surface area contributed by atoms with E-state index in [1.165, 1.54) is 0 Å². The highest BCUT2D eigenvalue weighted by Gasteiger charge is 1.95. The lowest BCUT2D eigenvalue weighted by molar-refractivity contribution is 0.607. The largest absolute Gasteiger partial charge is 0.208 e. The quantitative estimate of drug-likeness (QED) is 0.447. The Balaban J connectivity index is 3.17. The summed E-state index contributed by atoms with van der Waals surface area (Å²) in [5.41, 5.74) is -0.157. The van der Waals surface area contributed by atoms with E-state index in [1.807, 2.05) is 0 Å². The van der Waals surface area contributed by atoms with Gasteiger partial charge in [0.2, 0.25) is 0 Å². The Hall–Kier alpha value is -0.855. The molecule has 0 saturated carbocycles. The van der Waals surface area contributed by atoms with E-state index in [4.69, 9.17) is 7.85 Å². The molecular formula is C6H3BF2. The van der Waals surface area contributed by atoms with Gasteiger partial charge in [-0.3, -0.25) is 0 Å². The highest BCUT2D eigenvalue weighted by molar-refractivity contribution is 6.32. The molecule has 9 heavy (non-hydrogen) atoms. The number of benzene rings is 1. The molecule has 2 radical (unpaired) electrons. The van der Waals surface area contributed by atoms with Gasteiger partial charge in [0.15, 0.2) is 0 Å². The maximum Gasteiger partial charge on any atom is 0.122 e. The number of hydrogen-bond acceptors (Lipinski definition) is 0. The van der Waals surface area contributed by atoms with Crippen LogP contribution in [0.1, 0.15) is 0 Å². The van der Waals surface area contributed by atoms with Gasteiger partial charge in [0.05, 0.1) is 0 Å². The summed E-state index contributed by atoms with van der Waals surface area (Å²) in [4.78, 5) is 0. The normalized spacial score (nSPS) is 9.56. The smallest absolute Gasteiger partial charge is 0.122 e. The zero-order chi connectivity index (χ0) is 6.85. The van der Waals surface area contributed by atoms with Crippen molar-refractivity contribution in [2.45, 2.75) is 0 Å². The maximum atomic E-state index is 12.2. The molecule has 0 heterocycles. The first kappa shape index (κ1) is 6.27. The van der Waals surface area contributed by atoms with Crippen LogP contribution in [0.3, 0.4) is 0 Å². The Morgan fingerprint density at radius 1 is 1.22 bits per heavy atom. The van der Waals surface area contributed by atoms with Crippen LogP contribution in [0.25, 0.3) is 0 Å². The first-order chi connectivity index (χ1) is 4.20. The van der Waals surface area contributed by atoms with Gasteiger partial charge in [0, 0.05) is 0 Å². The maximum absolute atomic E-state index is 12.2. The second-order valence-electron chi connectivity index (χ2n) is 1.67. The van der Waals surface area contributed by atoms with Crippen LogP contribution in [-0.2, 0) is 0 Å². The zero-order valence-corrected chi connectivity index (χ0v) is 4.57. The third kappa shape index (κ3) is 1.28. The minimum absolute atomic E-state index is 0.157. The minimum atomic E-state index is -0.587. The highest BCUT2D eigenvalue weighted by Crippen LogP contribution is 1.95. The van der Waals surface area contributed by atoms with Crippen molar-refractivity contribution < 1.29 is 8.78 Å². The average Bonchev–Trinajstić information content (AvgIpc) is 1.80. The molecule has 0 fully saturated rings. The second kappa shape index (κ2) is 2.17. The van der Waals surface area contributed by atoms with Crippen LogP contribution in [0.5, 0.6) is 0 Å². The Morgan fingerprint density at radius 3 is 2.33 bits per heavy atom. The molecule has 0 aliphatic carbocycles. The van der Waals surface area contributed by atoms with E-state index in [-0.39, 0.29) is 5.46 Å². The third-order valence-electron chi connectivity index (χ3n) is 0.958. The van der Waals surface area contributed by atoms with Crippen LogP contribution in [0.2, 0.25) is 0 Å². The predicted molar refractivity (Wildman–Crippen MR) is 31.7 cm³/mol. The van der Waals surface area contributed by atoms with E-state index in [2.05, 4.69) is 0 Å². The Kier molecular flexibility index (Phi) is 1.51. The fourth-order valence-corrected chi connectivity index (χ4v) is 0.515.